The SMILES string of the molecule is CCOc1ccc(S(=O)(=O)N(CC(=O)O)c2ccccc2CC)cc1. The number of sulfonamides is 1. The van der Waals surface area contributed by atoms with Crippen molar-refractivity contribution in [3.63, 3.8) is 0 Å². The quantitative estimate of drug-likeness (QED) is 0.779. The standard InChI is InChI=1S/C18H21NO5S/c1-3-14-7-5-6-8-17(14)19(13-18(20)21)25(22,23)16-11-9-15(10-12-16)24-4-2/h5-12H,3-4,13H2,1-2H3,(H,20,21). The Balaban J connectivity index is 2.50. The zero-order valence-electron chi connectivity index (χ0n) is 14.2. The van der Waals surface area contributed by atoms with E-state index in [2.05, 4.69) is 0 Å². The summed E-state index contributed by atoms with van der Waals surface area (Å²) in [5, 5.41) is 9.21. The molecule has 2 rings (SSSR count). The molecule has 0 spiro atoms. The summed E-state index contributed by atoms with van der Waals surface area (Å²) in [6.07, 6.45) is 0.588. The summed E-state index contributed by atoms with van der Waals surface area (Å²) >= 11 is 0. The Morgan fingerprint density at radius 1 is 1.08 bits per heavy atom. The summed E-state index contributed by atoms with van der Waals surface area (Å²) in [6, 6.07) is 12.9. The van der Waals surface area contributed by atoms with E-state index in [1.807, 2.05) is 13.8 Å². The number of para-hydroxylation sites is 1. The molecule has 2 aromatic rings. The molecule has 134 valence electrons. The van der Waals surface area contributed by atoms with Crippen molar-refractivity contribution >= 4 is 21.7 Å². The number of carboxylic acid groups (broad SMARTS) is 1. The monoisotopic (exact) mass is 363 g/mol. The number of aliphatic carboxylic acids is 1. The fourth-order valence-electron chi connectivity index (χ4n) is 2.48. The second-order valence-corrected chi connectivity index (χ2v) is 7.15. The molecule has 0 saturated heterocycles. The van der Waals surface area contributed by atoms with E-state index in [9.17, 15) is 18.3 Å². The van der Waals surface area contributed by atoms with E-state index in [0.29, 0.717) is 24.5 Å². The lowest BCUT2D eigenvalue weighted by atomic mass is 10.1. The van der Waals surface area contributed by atoms with Crippen LogP contribution in [0.4, 0.5) is 5.69 Å². The highest BCUT2D eigenvalue weighted by Crippen LogP contribution is 2.28. The highest BCUT2D eigenvalue weighted by molar-refractivity contribution is 7.92. The molecule has 0 aliphatic carbocycles. The number of carbonyl (C=O) groups is 1. The van der Waals surface area contributed by atoms with Gasteiger partial charge in [-0.3, -0.25) is 9.10 Å². The molecule has 0 atom stereocenters. The second-order valence-electron chi connectivity index (χ2n) is 5.29. The van der Waals surface area contributed by atoms with Gasteiger partial charge in [-0.1, -0.05) is 25.1 Å². The maximum atomic E-state index is 13.0. The maximum absolute atomic E-state index is 13.0. The van der Waals surface area contributed by atoms with E-state index in [1.54, 1.807) is 36.4 Å². The van der Waals surface area contributed by atoms with Gasteiger partial charge in [0.05, 0.1) is 17.2 Å². The van der Waals surface area contributed by atoms with Gasteiger partial charge in [-0.2, -0.15) is 0 Å². The maximum Gasteiger partial charge on any atom is 0.324 e. The van der Waals surface area contributed by atoms with Crippen molar-refractivity contribution in [1.29, 1.82) is 0 Å². The summed E-state index contributed by atoms with van der Waals surface area (Å²) in [4.78, 5) is 11.3. The first-order chi connectivity index (χ1) is 11.9. The first-order valence-electron chi connectivity index (χ1n) is 7.95. The van der Waals surface area contributed by atoms with E-state index in [4.69, 9.17) is 4.74 Å². The van der Waals surface area contributed by atoms with Crippen molar-refractivity contribution in [2.45, 2.75) is 25.2 Å². The number of benzene rings is 2. The minimum Gasteiger partial charge on any atom is -0.494 e. The van der Waals surface area contributed by atoms with Crippen LogP contribution in [-0.2, 0) is 21.2 Å². The molecular weight excluding hydrogens is 342 g/mol. The fourth-order valence-corrected chi connectivity index (χ4v) is 3.93. The number of hydrogen-bond acceptors (Lipinski definition) is 4. The molecule has 0 radical (unpaired) electrons. The summed E-state index contributed by atoms with van der Waals surface area (Å²) in [5.74, 6) is -0.666. The second kappa shape index (κ2) is 8.02. The molecule has 0 bridgehead atoms. The van der Waals surface area contributed by atoms with E-state index in [0.717, 1.165) is 9.87 Å². The lowest BCUT2D eigenvalue weighted by molar-refractivity contribution is -0.135. The van der Waals surface area contributed by atoms with Crippen molar-refractivity contribution in [2.24, 2.45) is 0 Å². The van der Waals surface area contributed by atoms with Crippen LogP contribution in [0.1, 0.15) is 19.4 Å². The number of carboxylic acids is 1. The number of hydrogen-bond donors (Lipinski definition) is 1. The van der Waals surface area contributed by atoms with Gasteiger partial charge in [0.2, 0.25) is 0 Å². The molecule has 2 aromatic carbocycles. The molecular formula is C18H21NO5S. The molecule has 0 aromatic heterocycles. The van der Waals surface area contributed by atoms with Gasteiger partial charge in [-0.15, -0.1) is 0 Å². The first-order valence-corrected chi connectivity index (χ1v) is 9.39. The van der Waals surface area contributed by atoms with Gasteiger partial charge in [0, 0.05) is 0 Å². The summed E-state index contributed by atoms with van der Waals surface area (Å²) in [6.45, 7) is 3.55. The Hall–Kier alpha value is -2.54. The Morgan fingerprint density at radius 3 is 2.28 bits per heavy atom. The predicted octanol–water partition coefficient (Wildman–Crippen LogP) is 2.93. The van der Waals surface area contributed by atoms with Crippen molar-refractivity contribution in [2.75, 3.05) is 17.5 Å². The third-order valence-electron chi connectivity index (χ3n) is 3.64. The molecule has 0 heterocycles. The first kappa shape index (κ1) is 18.8. The highest BCUT2D eigenvalue weighted by Gasteiger charge is 2.28. The molecule has 0 fully saturated rings. The zero-order chi connectivity index (χ0) is 18.4. The van der Waals surface area contributed by atoms with Crippen LogP contribution in [0.3, 0.4) is 0 Å². The van der Waals surface area contributed by atoms with Gasteiger partial charge in [-0.05, 0) is 49.2 Å². The van der Waals surface area contributed by atoms with Gasteiger partial charge in [0.25, 0.3) is 10.0 Å². The van der Waals surface area contributed by atoms with Gasteiger partial charge in [0.15, 0.2) is 0 Å². The fraction of sp³-hybridized carbons (Fsp3) is 0.278. The van der Waals surface area contributed by atoms with Crippen LogP contribution < -0.4 is 9.04 Å². The van der Waals surface area contributed by atoms with Crippen LogP contribution in [-0.4, -0.2) is 32.6 Å². The number of aryl methyl sites for hydroxylation is 1. The van der Waals surface area contributed by atoms with Crippen molar-refractivity contribution < 1.29 is 23.1 Å². The van der Waals surface area contributed by atoms with E-state index < -0.39 is 22.5 Å². The van der Waals surface area contributed by atoms with Crippen LogP contribution in [0, 0.1) is 0 Å². The Labute approximate surface area is 147 Å². The van der Waals surface area contributed by atoms with Crippen molar-refractivity contribution in [3.8, 4) is 5.75 Å². The Bertz CT molecular complexity index is 831. The molecule has 7 heteroatoms. The molecule has 25 heavy (non-hydrogen) atoms. The van der Waals surface area contributed by atoms with Gasteiger partial charge < -0.3 is 9.84 Å². The normalized spacial score (nSPS) is 11.1. The van der Waals surface area contributed by atoms with Crippen molar-refractivity contribution in [1.82, 2.24) is 0 Å². The average molecular weight is 363 g/mol. The molecule has 0 unspecified atom stereocenters. The van der Waals surface area contributed by atoms with Gasteiger partial charge in [-0.25, -0.2) is 8.42 Å². The lowest BCUT2D eigenvalue weighted by Gasteiger charge is -2.25. The predicted molar refractivity (Wildman–Crippen MR) is 95.6 cm³/mol. The average Bonchev–Trinajstić information content (AvgIpc) is 2.60. The number of rotatable bonds is 8. The molecule has 6 nitrogen and oxygen atoms in total. The third-order valence-corrected chi connectivity index (χ3v) is 5.42. The summed E-state index contributed by atoms with van der Waals surface area (Å²) < 4.78 is 32.3. The summed E-state index contributed by atoms with van der Waals surface area (Å²) in [5.41, 5.74) is 1.14. The molecule has 0 amide bonds. The minimum atomic E-state index is -4.02. The topological polar surface area (TPSA) is 83.9 Å². The minimum absolute atomic E-state index is 0.0168. The van der Waals surface area contributed by atoms with E-state index in [-0.39, 0.29) is 4.90 Å². The molecule has 0 aliphatic heterocycles. The van der Waals surface area contributed by atoms with Crippen LogP contribution in [0.15, 0.2) is 53.4 Å². The zero-order valence-corrected chi connectivity index (χ0v) is 15.0. The Kier molecular flexibility index (Phi) is 6.03. The smallest absolute Gasteiger partial charge is 0.324 e. The lowest BCUT2D eigenvalue weighted by Crippen LogP contribution is -2.36. The number of anilines is 1. The van der Waals surface area contributed by atoms with E-state index in [1.165, 1.54) is 12.1 Å². The summed E-state index contributed by atoms with van der Waals surface area (Å²) in [7, 11) is -4.02. The van der Waals surface area contributed by atoms with Crippen LogP contribution >= 0.6 is 0 Å². The Morgan fingerprint density at radius 2 is 1.72 bits per heavy atom. The van der Waals surface area contributed by atoms with Gasteiger partial charge in [0.1, 0.15) is 12.3 Å². The van der Waals surface area contributed by atoms with Crippen LogP contribution in [0.5, 0.6) is 5.75 Å². The van der Waals surface area contributed by atoms with E-state index >= 15 is 0 Å². The molecule has 1 N–H and O–H groups in total. The van der Waals surface area contributed by atoms with Gasteiger partial charge >= 0.3 is 5.97 Å². The molecule has 0 aliphatic rings. The van der Waals surface area contributed by atoms with Crippen LogP contribution in [0.25, 0.3) is 0 Å². The number of nitrogens with zero attached hydrogens (tertiary/aromatic N) is 1. The largest absolute Gasteiger partial charge is 0.494 e. The highest BCUT2D eigenvalue weighted by atomic mass is 32.2. The van der Waals surface area contributed by atoms with Crippen molar-refractivity contribution in [3.05, 3.63) is 54.1 Å². The van der Waals surface area contributed by atoms with Crippen LogP contribution in [0.2, 0.25) is 0 Å². The third kappa shape index (κ3) is 4.30. The molecule has 0 saturated carbocycles. The number of ether oxygens (including phenoxy) is 1.